The van der Waals surface area contributed by atoms with Gasteiger partial charge in [-0.15, -0.1) is 0 Å². The van der Waals surface area contributed by atoms with Crippen LogP contribution in [0.4, 0.5) is 0 Å². The second-order valence-electron chi connectivity index (χ2n) is 2.57. The van der Waals surface area contributed by atoms with Crippen LogP contribution in [0, 0.1) is 0 Å². The summed E-state index contributed by atoms with van der Waals surface area (Å²) in [5.41, 5.74) is 0.554. The Balaban J connectivity index is 2.57. The molecule has 1 aromatic rings. The normalized spacial score (nSPS) is 10.1. The van der Waals surface area contributed by atoms with Gasteiger partial charge in [-0.25, -0.2) is 0 Å². The van der Waals surface area contributed by atoms with Gasteiger partial charge in [0.1, 0.15) is 12.4 Å². The lowest BCUT2D eigenvalue weighted by Gasteiger charge is -2.04. The summed E-state index contributed by atoms with van der Waals surface area (Å²) in [6.07, 6.45) is 4.03. The van der Waals surface area contributed by atoms with Crippen molar-refractivity contribution < 1.29 is 14.3 Å². The fourth-order valence-electron chi connectivity index (χ4n) is 0.983. The molecule has 0 aliphatic rings. The predicted molar refractivity (Wildman–Crippen MR) is 53.5 cm³/mol. The van der Waals surface area contributed by atoms with Crippen LogP contribution in [0.15, 0.2) is 36.6 Å². The Bertz CT molecular complexity index is 318. The largest absolute Gasteiger partial charge is 0.505 e. The summed E-state index contributed by atoms with van der Waals surface area (Å²) in [5, 5.41) is 0. The van der Waals surface area contributed by atoms with Crippen molar-refractivity contribution in [1.29, 1.82) is 0 Å². The van der Waals surface area contributed by atoms with Gasteiger partial charge in [0.15, 0.2) is 6.29 Å². The van der Waals surface area contributed by atoms with Crippen LogP contribution in [0.25, 0.3) is 0 Å². The van der Waals surface area contributed by atoms with E-state index in [1.165, 1.54) is 6.26 Å². The minimum atomic E-state index is 0.388. The maximum Gasteiger partial charge on any atom is 0.153 e. The second-order valence-corrected chi connectivity index (χ2v) is 2.57. The number of para-hydroxylation sites is 1. The third kappa shape index (κ3) is 2.94. The van der Waals surface area contributed by atoms with Gasteiger partial charge in [-0.05, 0) is 18.2 Å². The maximum absolute atomic E-state index is 10.6. The van der Waals surface area contributed by atoms with Gasteiger partial charge in [0.2, 0.25) is 0 Å². The Morgan fingerprint density at radius 2 is 2.14 bits per heavy atom. The van der Waals surface area contributed by atoms with Crippen LogP contribution in [0.1, 0.15) is 10.4 Å². The minimum Gasteiger partial charge on any atom is -0.505 e. The first-order valence-electron chi connectivity index (χ1n) is 4.23. The van der Waals surface area contributed by atoms with Crippen molar-refractivity contribution in [3.05, 3.63) is 42.2 Å². The lowest BCUT2D eigenvalue weighted by molar-refractivity contribution is 0.112. The second kappa shape index (κ2) is 5.80. The molecule has 3 heteroatoms. The van der Waals surface area contributed by atoms with Crippen LogP contribution in [-0.4, -0.2) is 20.0 Å². The Labute approximate surface area is 83.0 Å². The van der Waals surface area contributed by atoms with Gasteiger partial charge in [-0.2, -0.15) is 0 Å². The number of hydrogen-bond donors (Lipinski definition) is 0. The van der Waals surface area contributed by atoms with Crippen LogP contribution >= 0.6 is 0 Å². The van der Waals surface area contributed by atoms with Crippen molar-refractivity contribution in [3.8, 4) is 5.75 Å². The van der Waals surface area contributed by atoms with E-state index in [9.17, 15) is 4.79 Å². The number of methoxy groups -OCH3 is 1. The highest BCUT2D eigenvalue weighted by atomic mass is 16.5. The van der Waals surface area contributed by atoms with Crippen LogP contribution < -0.4 is 4.74 Å². The predicted octanol–water partition coefficient (Wildman–Crippen LogP) is 2.04. The maximum atomic E-state index is 10.6. The molecule has 14 heavy (non-hydrogen) atoms. The van der Waals surface area contributed by atoms with Gasteiger partial charge >= 0.3 is 0 Å². The molecule has 1 aromatic carbocycles. The van der Waals surface area contributed by atoms with Gasteiger partial charge in [0.25, 0.3) is 0 Å². The zero-order valence-electron chi connectivity index (χ0n) is 7.97. The van der Waals surface area contributed by atoms with E-state index in [0.717, 1.165) is 6.29 Å². The van der Waals surface area contributed by atoms with Crippen molar-refractivity contribution >= 4 is 6.29 Å². The lowest BCUT2D eigenvalue weighted by atomic mass is 10.2. The zero-order chi connectivity index (χ0) is 10.2. The zero-order valence-corrected chi connectivity index (χ0v) is 7.97. The number of ether oxygens (including phenoxy) is 2. The molecule has 0 radical (unpaired) electrons. The minimum absolute atomic E-state index is 0.388. The van der Waals surface area contributed by atoms with E-state index in [-0.39, 0.29) is 0 Å². The van der Waals surface area contributed by atoms with E-state index in [4.69, 9.17) is 9.47 Å². The third-order valence-electron chi connectivity index (χ3n) is 1.61. The number of aldehydes is 1. The Morgan fingerprint density at radius 1 is 1.36 bits per heavy atom. The fraction of sp³-hybridized carbons (Fsp3) is 0.182. The Morgan fingerprint density at radius 3 is 2.86 bits per heavy atom. The number of hydrogen-bond acceptors (Lipinski definition) is 3. The standard InChI is InChI=1S/C11H12O3/c1-13-7-4-8-14-11-6-3-2-5-10(11)9-12/h2-7,9H,8H2,1H3. The van der Waals surface area contributed by atoms with Crippen LogP contribution in [-0.2, 0) is 4.74 Å². The average molecular weight is 192 g/mol. The van der Waals surface area contributed by atoms with Gasteiger partial charge in [0, 0.05) is 0 Å². The number of benzene rings is 1. The summed E-state index contributed by atoms with van der Waals surface area (Å²) in [7, 11) is 1.57. The molecule has 0 aliphatic heterocycles. The molecular weight excluding hydrogens is 180 g/mol. The van der Waals surface area contributed by atoms with E-state index in [0.29, 0.717) is 17.9 Å². The molecule has 0 unspecified atom stereocenters. The van der Waals surface area contributed by atoms with Crippen molar-refractivity contribution in [2.45, 2.75) is 0 Å². The first-order chi connectivity index (χ1) is 6.88. The fourth-order valence-corrected chi connectivity index (χ4v) is 0.983. The van der Waals surface area contributed by atoms with E-state index in [1.807, 2.05) is 6.07 Å². The molecule has 0 saturated heterocycles. The van der Waals surface area contributed by atoms with Crippen molar-refractivity contribution in [3.63, 3.8) is 0 Å². The molecule has 0 aromatic heterocycles. The van der Waals surface area contributed by atoms with Crippen LogP contribution in [0.2, 0.25) is 0 Å². The highest BCUT2D eigenvalue weighted by molar-refractivity contribution is 5.79. The Kier molecular flexibility index (Phi) is 4.27. The molecule has 0 amide bonds. The molecule has 74 valence electrons. The lowest BCUT2D eigenvalue weighted by Crippen LogP contribution is -1.96. The molecule has 0 atom stereocenters. The van der Waals surface area contributed by atoms with Crippen molar-refractivity contribution in [1.82, 2.24) is 0 Å². The summed E-state index contributed by atoms with van der Waals surface area (Å²) in [5.74, 6) is 0.586. The quantitative estimate of drug-likeness (QED) is 0.529. The van der Waals surface area contributed by atoms with E-state index in [2.05, 4.69) is 0 Å². The highest BCUT2D eigenvalue weighted by Gasteiger charge is 1.98. The summed E-state index contributed by atoms with van der Waals surface area (Å²) in [6, 6.07) is 7.08. The summed E-state index contributed by atoms with van der Waals surface area (Å²) in [4.78, 5) is 10.6. The number of rotatable bonds is 5. The Hall–Kier alpha value is -1.77. The molecule has 1 rings (SSSR count). The molecule has 0 spiro atoms. The summed E-state index contributed by atoms with van der Waals surface area (Å²) >= 11 is 0. The van der Waals surface area contributed by atoms with E-state index < -0.39 is 0 Å². The van der Waals surface area contributed by atoms with E-state index in [1.54, 1.807) is 31.4 Å². The topological polar surface area (TPSA) is 35.5 Å². The first kappa shape index (κ1) is 10.3. The van der Waals surface area contributed by atoms with E-state index >= 15 is 0 Å². The molecule has 0 bridgehead atoms. The summed E-state index contributed by atoms with van der Waals surface area (Å²) < 4.78 is 10.0. The summed E-state index contributed by atoms with van der Waals surface area (Å²) in [6.45, 7) is 0.388. The monoisotopic (exact) mass is 192 g/mol. The molecular formula is C11H12O3. The van der Waals surface area contributed by atoms with Crippen LogP contribution in [0.3, 0.4) is 0 Å². The molecule has 0 N–H and O–H groups in total. The van der Waals surface area contributed by atoms with Crippen LogP contribution in [0.5, 0.6) is 5.75 Å². The average Bonchev–Trinajstić information content (AvgIpc) is 2.25. The molecule has 0 fully saturated rings. The SMILES string of the molecule is COC=CCOc1ccccc1C=O. The third-order valence-corrected chi connectivity index (χ3v) is 1.61. The highest BCUT2D eigenvalue weighted by Crippen LogP contribution is 2.15. The van der Waals surface area contributed by atoms with Gasteiger partial charge < -0.3 is 9.47 Å². The van der Waals surface area contributed by atoms with Gasteiger partial charge in [0.05, 0.1) is 18.9 Å². The first-order valence-corrected chi connectivity index (χ1v) is 4.23. The number of carbonyl (C=O) groups excluding carboxylic acids is 1. The molecule has 0 aliphatic carbocycles. The molecule has 3 nitrogen and oxygen atoms in total. The van der Waals surface area contributed by atoms with Crippen molar-refractivity contribution in [2.75, 3.05) is 13.7 Å². The number of carbonyl (C=O) groups is 1. The molecule has 0 saturated carbocycles. The van der Waals surface area contributed by atoms with Gasteiger partial charge in [-0.1, -0.05) is 12.1 Å². The van der Waals surface area contributed by atoms with Gasteiger partial charge in [-0.3, -0.25) is 4.79 Å². The molecule has 0 heterocycles. The smallest absolute Gasteiger partial charge is 0.153 e. The van der Waals surface area contributed by atoms with Crippen molar-refractivity contribution in [2.24, 2.45) is 0 Å².